The highest BCUT2D eigenvalue weighted by molar-refractivity contribution is 5.68. The smallest absolute Gasteiger partial charge is 0.408 e. The lowest BCUT2D eigenvalue weighted by Gasteiger charge is -2.19. The zero-order valence-electron chi connectivity index (χ0n) is 12.3. The molecule has 0 bridgehead atoms. The number of methoxy groups -OCH3 is 1. The Morgan fingerprint density at radius 1 is 1.33 bits per heavy atom. The van der Waals surface area contributed by atoms with Crippen molar-refractivity contribution < 1.29 is 23.0 Å². The zero-order valence-corrected chi connectivity index (χ0v) is 12.3. The summed E-state index contributed by atoms with van der Waals surface area (Å²) in [6.07, 6.45) is -0.598. The third kappa shape index (κ3) is 5.69. The Labute approximate surface area is 122 Å². The van der Waals surface area contributed by atoms with E-state index < -0.39 is 23.3 Å². The van der Waals surface area contributed by atoms with Crippen molar-refractivity contribution in [1.82, 2.24) is 5.32 Å². The molecule has 1 aromatic carbocycles. The molecule has 0 aliphatic carbocycles. The van der Waals surface area contributed by atoms with E-state index in [0.717, 1.165) is 6.07 Å². The molecule has 1 rings (SSSR count). The Kier molecular flexibility index (Phi) is 5.53. The highest BCUT2D eigenvalue weighted by Gasteiger charge is 2.15. The summed E-state index contributed by atoms with van der Waals surface area (Å²) < 4.78 is 36.2. The van der Waals surface area contributed by atoms with E-state index in [0.29, 0.717) is 0 Å². The van der Waals surface area contributed by atoms with Crippen LogP contribution in [0.4, 0.5) is 13.6 Å². The van der Waals surface area contributed by atoms with Crippen LogP contribution in [0.25, 0.3) is 0 Å². The normalized spacial score (nSPS) is 10.4. The van der Waals surface area contributed by atoms with Crippen LogP contribution in [0, 0.1) is 23.5 Å². The summed E-state index contributed by atoms with van der Waals surface area (Å²) in [5, 5.41) is 2.43. The van der Waals surface area contributed by atoms with Crippen LogP contribution in [0.3, 0.4) is 0 Å². The molecule has 0 saturated heterocycles. The van der Waals surface area contributed by atoms with Gasteiger partial charge < -0.3 is 14.8 Å². The summed E-state index contributed by atoms with van der Waals surface area (Å²) in [6.45, 7) is 5.25. The molecule has 0 spiro atoms. The molecule has 0 unspecified atom stereocenters. The highest BCUT2D eigenvalue weighted by Crippen LogP contribution is 2.21. The molecule has 21 heavy (non-hydrogen) atoms. The molecule has 1 amide bonds. The van der Waals surface area contributed by atoms with Gasteiger partial charge in [0.25, 0.3) is 0 Å². The van der Waals surface area contributed by atoms with Crippen LogP contribution in [0.5, 0.6) is 5.75 Å². The Morgan fingerprint density at radius 3 is 2.57 bits per heavy atom. The van der Waals surface area contributed by atoms with E-state index in [9.17, 15) is 13.6 Å². The van der Waals surface area contributed by atoms with Gasteiger partial charge >= 0.3 is 6.09 Å². The molecule has 6 heteroatoms. The van der Waals surface area contributed by atoms with Gasteiger partial charge in [0, 0.05) is 5.56 Å². The predicted molar refractivity (Wildman–Crippen MR) is 74.0 cm³/mol. The van der Waals surface area contributed by atoms with Gasteiger partial charge in [-0.1, -0.05) is 11.8 Å². The summed E-state index contributed by atoms with van der Waals surface area (Å²) in [6, 6.07) is 2.23. The van der Waals surface area contributed by atoms with Crippen molar-refractivity contribution in [1.29, 1.82) is 0 Å². The van der Waals surface area contributed by atoms with Crippen LogP contribution in [0.1, 0.15) is 26.3 Å². The SMILES string of the molecule is COc1cc(C#CCNC(=O)OC(C)(C)C)cc(F)c1F. The first-order valence-corrected chi connectivity index (χ1v) is 6.21. The fourth-order valence-corrected chi connectivity index (χ4v) is 1.36. The summed E-state index contributed by atoms with van der Waals surface area (Å²) in [5.41, 5.74) is -0.345. The number of benzene rings is 1. The predicted octanol–water partition coefficient (Wildman–Crippen LogP) is 2.85. The van der Waals surface area contributed by atoms with Gasteiger partial charge in [-0.2, -0.15) is 4.39 Å². The lowest BCUT2D eigenvalue weighted by Crippen LogP contribution is -2.32. The van der Waals surface area contributed by atoms with Gasteiger partial charge in [-0.3, -0.25) is 0 Å². The fourth-order valence-electron chi connectivity index (χ4n) is 1.36. The second kappa shape index (κ2) is 6.93. The number of rotatable bonds is 2. The van der Waals surface area contributed by atoms with Gasteiger partial charge in [-0.05, 0) is 32.9 Å². The minimum absolute atomic E-state index is 0.0240. The average molecular weight is 297 g/mol. The van der Waals surface area contributed by atoms with E-state index in [4.69, 9.17) is 9.47 Å². The Bertz CT molecular complexity index is 583. The van der Waals surface area contributed by atoms with Crippen molar-refractivity contribution in [3.63, 3.8) is 0 Å². The number of ether oxygens (including phenoxy) is 2. The van der Waals surface area contributed by atoms with E-state index >= 15 is 0 Å². The summed E-state index contributed by atoms with van der Waals surface area (Å²) in [4.78, 5) is 11.3. The second-order valence-electron chi connectivity index (χ2n) is 5.13. The second-order valence-corrected chi connectivity index (χ2v) is 5.13. The monoisotopic (exact) mass is 297 g/mol. The average Bonchev–Trinajstić information content (AvgIpc) is 2.36. The molecular formula is C15H17F2NO3. The first-order chi connectivity index (χ1) is 9.73. The maximum Gasteiger partial charge on any atom is 0.408 e. The number of carbonyl (C=O) groups excluding carboxylic acids is 1. The van der Waals surface area contributed by atoms with Crippen LogP contribution in [-0.2, 0) is 4.74 Å². The number of halogens is 2. The van der Waals surface area contributed by atoms with Crippen LogP contribution in [-0.4, -0.2) is 25.3 Å². The van der Waals surface area contributed by atoms with Gasteiger partial charge in [0.15, 0.2) is 11.6 Å². The van der Waals surface area contributed by atoms with Crippen LogP contribution in [0.15, 0.2) is 12.1 Å². The largest absolute Gasteiger partial charge is 0.494 e. The fraction of sp³-hybridized carbons (Fsp3) is 0.400. The third-order valence-corrected chi connectivity index (χ3v) is 2.17. The Morgan fingerprint density at radius 2 is 2.00 bits per heavy atom. The van der Waals surface area contributed by atoms with E-state index in [1.54, 1.807) is 20.8 Å². The van der Waals surface area contributed by atoms with Gasteiger partial charge in [-0.25, -0.2) is 9.18 Å². The number of hydrogen-bond donors (Lipinski definition) is 1. The molecule has 0 radical (unpaired) electrons. The van der Waals surface area contributed by atoms with Crippen molar-refractivity contribution in [2.45, 2.75) is 26.4 Å². The van der Waals surface area contributed by atoms with Crippen LogP contribution in [0.2, 0.25) is 0 Å². The molecule has 0 saturated carbocycles. The standard InChI is InChI=1S/C15H17F2NO3/c1-15(2,3)21-14(19)18-7-5-6-10-8-11(16)13(17)12(9-10)20-4/h8-9H,7H2,1-4H3,(H,18,19). The van der Waals surface area contributed by atoms with Crippen molar-refractivity contribution in [3.8, 4) is 17.6 Å². The molecule has 1 aromatic rings. The minimum atomic E-state index is -1.06. The molecule has 0 aliphatic heterocycles. The van der Waals surface area contributed by atoms with Crippen LogP contribution < -0.4 is 10.1 Å². The van der Waals surface area contributed by atoms with Gasteiger partial charge in [0.1, 0.15) is 5.60 Å². The highest BCUT2D eigenvalue weighted by atomic mass is 19.2. The number of nitrogens with one attached hydrogen (secondary N) is 1. The molecule has 0 atom stereocenters. The summed E-state index contributed by atoms with van der Waals surface area (Å²) >= 11 is 0. The lowest BCUT2D eigenvalue weighted by atomic mass is 10.2. The maximum absolute atomic E-state index is 13.2. The van der Waals surface area contributed by atoms with Crippen molar-refractivity contribution in [2.24, 2.45) is 0 Å². The maximum atomic E-state index is 13.2. The molecule has 0 aromatic heterocycles. The molecule has 4 nitrogen and oxygen atoms in total. The number of carbonyl (C=O) groups is 1. The minimum Gasteiger partial charge on any atom is -0.494 e. The van der Waals surface area contributed by atoms with Crippen molar-refractivity contribution >= 4 is 6.09 Å². The number of alkyl carbamates (subject to hydrolysis) is 1. The van der Waals surface area contributed by atoms with Crippen molar-refractivity contribution in [2.75, 3.05) is 13.7 Å². The molecule has 0 heterocycles. The first kappa shape index (κ1) is 16.8. The lowest BCUT2D eigenvalue weighted by molar-refractivity contribution is 0.0535. The topological polar surface area (TPSA) is 47.6 Å². The van der Waals surface area contributed by atoms with E-state index in [1.807, 2.05) is 0 Å². The third-order valence-electron chi connectivity index (χ3n) is 2.17. The number of hydrogen-bond acceptors (Lipinski definition) is 3. The van der Waals surface area contributed by atoms with E-state index in [-0.39, 0.29) is 17.9 Å². The summed E-state index contributed by atoms with van der Waals surface area (Å²) in [5.74, 6) is 2.88. The van der Waals surface area contributed by atoms with Crippen molar-refractivity contribution in [3.05, 3.63) is 29.3 Å². The van der Waals surface area contributed by atoms with Crippen LogP contribution >= 0.6 is 0 Å². The Balaban J connectivity index is 2.64. The molecule has 114 valence electrons. The van der Waals surface area contributed by atoms with Gasteiger partial charge in [0.05, 0.1) is 13.7 Å². The molecule has 0 fully saturated rings. The zero-order chi connectivity index (χ0) is 16.0. The Hall–Kier alpha value is -2.29. The van der Waals surface area contributed by atoms with Gasteiger partial charge in [0.2, 0.25) is 5.82 Å². The van der Waals surface area contributed by atoms with E-state index in [2.05, 4.69) is 17.2 Å². The summed E-state index contributed by atoms with van der Waals surface area (Å²) in [7, 11) is 1.24. The molecule has 1 N–H and O–H groups in total. The van der Waals surface area contributed by atoms with E-state index in [1.165, 1.54) is 13.2 Å². The quantitative estimate of drug-likeness (QED) is 0.854. The molecular weight excluding hydrogens is 280 g/mol. The number of amides is 1. The first-order valence-electron chi connectivity index (χ1n) is 6.21. The molecule has 0 aliphatic rings. The van der Waals surface area contributed by atoms with Gasteiger partial charge in [-0.15, -0.1) is 0 Å².